The van der Waals surface area contributed by atoms with Gasteiger partial charge in [-0.3, -0.25) is 10.1 Å². The smallest absolute Gasteiger partial charge is 0.239 e. The predicted molar refractivity (Wildman–Crippen MR) is 62.7 cm³/mol. The van der Waals surface area contributed by atoms with Crippen LogP contribution in [0.1, 0.15) is 17.2 Å². The van der Waals surface area contributed by atoms with Crippen LogP contribution in [-0.4, -0.2) is 5.91 Å². The zero-order valence-corrected chi connectivity index (χ0v) is 8.73. The number of carbonyl (C=O) groups excluding carboxylic acids is 1. The van der Waals surface area contributed by atoms with E-state index in [9.17, 15) is 4.79 Å². The molecule has 1 unspecified atom stereocenters. The monoisotopic (exact) mass is 212 g/mol. The van der Waals surface area contributed by atoms with Crippen LogP contribution in [0.5, 0.6) is 0 Å². The van der Waals surface area contributed by atoms with Gasteiger partial charge in [0.1, 0.15) is 6.04 Å². The lowest BCUT2D eigenvalue weighted by Gasteiger charge is -2.24. The first-order valence-electron chi connectivity index (χ1n) is 5.30. The van der Waals surface area contributed by atoms with Gasteiger partial charge in [-0.2, -0.15) is 0 Å². The molecule has 0 spiro atoms. The van der Waals surface area contributed by atoms with Crippen molar-refractivity contribution in [1.82, 2.24) is 5.32 Å². The van der Waals surface area contributed by atoms with Gasteiger partial charge in [0.15, 0.2) is 0 Å². The fourth-order valence-electron chi connectivity index (χ4n) is 2.41. The van der Waals surface area contributed by atoms with Crippen LogP contribution in [0.25, 0.3) is 10.8 Å². The largest absolute Gasteiger partial charge is 0.368 e. The lowest BCUT2D eigenvalue weighted by atomic mass is 9.91. The average molecular weight is 212 g/mol. The van der Waals surface area contributed by atoms with Crippen molar-refractivity contribution < 1.29 is 4.79 Å². The van der Waals surface area contributed by atoms with Crippen molar-refractivity contribution in [3.05, 3.63) is 47.5 Å². The molecule has 2 aromatic carbocycles. The van der Waals surface area contributed by atoms with Crippen molar-refractivity contribution in [2.24, 2.45) is 5.73 Å². The molecule has 0 fully saturated rings. The number of primary amides is 1. The van der Waals surface area contributed by atoms with Gasteiger partial charge < -0.3 is 5.73 Å². The van der Waals surface area contributed by atoms with Gasteiger partial charge in [0.05, 0.1) is 0 Å². The summed E-state index contributed by atoms with van der Waals surface area (Å²) in [5.74, 6) is -0.318. The summed E-state index contributed by atoms with van der Waals surface area (Å²) in [5, 5.41) is 5.50. The van der Waals surface area contributed by atoms with E-state index in [4.69, 9.17) is 5.73 Å². The Labute approximate surface area is 93.3 Å². The number of benzene rings is 2. The van der Waals surface area contributed by atoms with E-state index < -0.39 is 0 Å². The maximum atomic E-state index is 11.4. The summed E-state index contributed by atoms with van der Waals surface area (Å²) < 4.78 is 0. The van der Waals surface area contributed by atoms with E-state index >= 15 is 0 Å². The highest BCUT2D eigenvalue weighted by Gasteiger charge is 2.24. The minimum Gasteiger partial charge on any atom is -0.368 e. The van der Waals surface area contributed by atoms with Crippen LogP contribution >= 0.6 is 0 Å². The highest BCUT2D eigenvalue weighted by atomic mass is 16.1. The van der Waals surface area contributed by atoms with Crippen molar-refractivity contribution in [3.63, 3.8) is 0 Å². The van der Waals surface area contributed by atoms with Gasteiger partial charge in [-0.25, -0.2) is 0 Å². The molecular weight excluding hydrogens is 200 g/mol. The molecule has 1 aliphatic heterocycles. The van der Waals surface area contributed by atoms with Crippen LogP contribution < -0.4 is 11.1 Å². The Morgan fingerprint density at radius 3 is 2.75 bits per heavy atom. The zero-order chi connectivity index (χ0) is 11.1. The first-order chi connectivity index (χ1) is 7.77. The van der Waals surface area contributed by atoms with Gasteiger partial charge in [0.2, 0.25) is 5.91 Å². The number of hydrogen-bond acceptors (Lipinski definition) is 2. The molecule has 1 atom stereocenters. The van der Waals surface area contributed by atoms with Crippen LogP contribution in [0.3, 0.4) is 0 Å². The second kappa shape index (κ2) is 3.32. The normalized spacial score (nSPS) is 18.6. The molecule has 1 heterocycles. The van der Waals surface area contributed by atoms with Gasteiger partial charge in [-0.05, 0) is 21.9 Å². The third kappa shape index (κ3) is 1.22. The lowest BCUT2D eigenvalue weighted by Crippen LogP contribution is -2.35. The Morgan fingerprint density at radius 1 is 1.25 bits per heavy atom. The summed E-state index contributed by atoms with van der Waals surface area (Å²) >= 11 is 0. The molecule has 16 heavy (non-hydrogen) atoms. The quantitative estimate of drug-likeness (QED) is 0.752. The molecule has 0 saturated carbocycles. The van der Waals surface area contributed by atoms with E-state index in [1.54, 1.807) is 0 Å². The molecule has 3 rings (SSSR count). The highest BCUT2D eigenvalue weighted by Crippen LogP contribution is 2.31. The van der Waals surface area contributed by atoms with Gasteiger partial charge in [0, 0.05) is 6.54 Å². The number of rotatable bonds is 1. The van der Waals surface area contributed by atoms with Gasteiger partial charge in [-0.1, -0.05) is 36.4 Å². The van der Waals surface area contributed by atoms with Crippen LogP contribution in [0.4, 0.5) is 0 Å². The summed E-state index contributed by atoms with van der Waals surface area (Å²) in [7, 11) is 0. The van der Waals surface area contributed by atoms with Crippen molar-refractivity contribution >= 4 is 16.7 Å². The molecule has 1 amide bonds. The molecule has 3 nitrogen and oxygen atoms in total. The Kier molecular flexibility index (Phi) is 1.94. The summed E-state index contributed by atoms with van der Waals surface area (Å²) in [6.07, 6.45) is 0. The van der Waals surface area contributed by atoms with Gasteiger partial charge >= 0.3 is 0 Å². The number of hydrogen-bond donors (Lipinski definition) is 2. The van der Waals surface area contributed by atoms with Crippen LogP contribution in [0, 0.1) is 0 Å². The van der Waals surface area contributed by atoms with Gasteiger partial charge in [-0.15, -0.1) is 0 Å². The molecule has 0 aromatic heterocycles. The third-order valence-electron chi connectivity index (χ3n) is 3.12. The molecule has 0 bridgehead atoms. The van der Waals surface area contributed by atoms with E-state index in [-0.39, 0.29) is 11.9 Å². The van der Waals surface area contributed by atoms with Crippen molar-refractivity contribution in [3.8, 4) is 0 Å². The molecule has 0 saturated heterocycles. The molecular formula is C13H12N2O. The molecule has 3 heteroatoms. The molecule has 3 N–H and O–H groups in total. The van der Waals surface area contributed by atoms with Crippen LogP contribution in [0.15, 0.2) is 36.4 Å². The second-order valence-corrected chi connectivity index (χ2v) is 4.08. The molecule has 0 aliphatic carbocycles. The van der Waals surface area contributed by atoms with E-state index in [2.05, 4.69) is 23.5 Å². The number of carbonyl (C=O) groups is 1. The summed E-state index contributed by atoms with van der Waals surface area (Å²) in [6.45, 7) is 0.696. The predicted octanol–water partition coefficient (Wildman–Crippen LogP) is 1.47. The maximum Gasteiger partial charge on any atom is 0.239 e. The Bertz CT molecular complexity index is 572. The van der Waals surface area contributed by atoms with Crippen LogP contribution in [0.2, 0.25) is 0 Å². The Hall–Kier alpha value is -1.87. The van der Waals surface area contributed by atoms with E-state index in [0.717, 1.165) is 5.56 Å². The molecule has 0 radical (unpaired) electrons. The fourth-order valence-corrected chi connectivity index (χ4v) is 2.41. The van der Waals surface area contributed by atoms with Crippen molar-refractivity contribution in [2.75, 3.05) is 0 Å². The number of amides is 1. The summed E-state index contributed by atoms with van der Waals surface area (Å²) in [5.41, 5.74) is 7.62. The topological polar surface area (TPSA) is 55.1 Å². The van der Waals surface area contributed by atoms with E-state index in [0.29, 0.717) is 6.54 Å². The Morgan fingerprint density at radius 2 is 2.00 bits per heavy atom. The van der Waals surface area contributed by atoms with Gasteiger partial charge in [0.25, 0.3) is 0 Å². The zero-order valence-electron chi connectivity index (χ0n) is 8.73. The van der Waals surface area contributed by atoms with E-state index in [1.807, 2.05) is 18.2 Å². The number of nitrogens with two attached hydrogens (primary N) is 1. The second-order valence-electron chi connectivity index (χ2n) is 4.08. The third-order valence-corrected chi connectivity index (χ3v) is 3.12. The standard InChI is InChI=1S/C13H12N2O/c14-13(16)12-10-6-2-4-8-3-1-5-9(7-15-12)11(8)10/h1-6,12,15H,7H2,(H2,14,16). The first-order valence-corrected chi connectivity index (χ1v) is 5.30. The van der Waals surface area contributed by atoms with Crippen molar-refractivity contribution in [2.45, 2.75) is 12.6 Å². The maximum absolute atomic E-state index is 11.4. The number of nitrogens with one attached hydrogen (secondary N) is 1. The molecule has 80 valence electrons. The summed E-state index contributed by atoms with van der Waals surface area (Å²) in [4.78, 5) is 11.4. The van der Waals surface area contributed by atoms with Crippen LogP contribution in [-0.2, 0) is 11.3 Å². The summed E-state index contributed by atoms with van der Waals surface area (Å²) in [6, 6.07) is 11.8. The minimum absolute atomic E-state index is 0.318. The lowest BCUT2D eigenvalue weighted by molar-refractivity contribution is -0.120. The van der Waals surface area contributed by atoms with Crippen molar-refractivity contribution in [1.29, 1.82) is 0 Å². The minimum atomic E-state index is -0.362. The average Bonchev–Trinajstić information content (AvgIpc) is 2.30. The van der Waals surface area contributed by atoms with E-state index in [1.165, 1.54) is 16.3 Å². The molecule has 1 aliphatic rings. The Balaban J connectivity index is 2.35. The molecule has 2 aromatic rings. The fraction of sp³-hybridized carbons (Fsp3) is 0.154. The first kappa shape index (κ1) is 9.36. The highest BCUT2D eigenvalue weighted by molar-refractivity contribution is 5.95. The SMILES string of the molecule is NC(=O)C1NCc2cccc3cccc1c23.